The average Bonchev–Trinajstić information content (AvgIpc) is 2.54. The zero-order chi connectivity index (χ0) is 12.7. The lowest BCUT2D eigenvalue weighted by molar-refractivity contribution is 0.284. The van der Waals surface area contributed by atoms with Crippen molar-refractivity contribution in [2.45, 2.75) is 32.2 Å². The molecular formula is C13H15F2N3. The lowest BCUT2D eigenvalue weighted by atomic mass is 9.83. The van der Waals surface area contributed by atoms with Gasteiger partial charge in [-0.15, -0.1) is 0 Å². The van der Waals surface area contributed by atoms with Gasteiger partial charge in [-0.1, -0.05) is 19.3 Å². The summed E-state index contributed by atoms with van der Waals surface area (Å²) in [7, 11) is 0. The number of nitrogens with zero attached hydrogens (tertiary/aromatic N) is 2. The van der Waals surface area contributed by atoms with Crippen LogP contribution in [0.2, 0.25) is 0 Å². The molecule has 1 saturated carbocycles. The minimum atomic E-state index is -0.654. The maximum absolute atomic E-state index is 13.5. The van der Waals surface area contributed by atoms with Crippen LogP contribution in [0.4, 0.5) is 14.7 Å². The Hall–Kier alpha value is -1.65. The Balaban J connectivity index is 1.96. The zero-order valence-electron chi connectivity index (χ0n) is 10.00. The van der Waals surface area contributed by atoms with Crippen LogP contribution < -0.4 is 5.73 Å². The van der Waals surface area contributed by atoms with E-state index in [0.29, 0.717) is 12.1 Å². The summed E-state index contributed by atoms with van der Waals surface area (Å²) >= 11 is 0. The van der Waals surface area contributed by atoms with Crippen LogP contribution in [0.15, 0.2) is 12.1 Å². The molecule has 1 aliphatic carbocycles. The SMILES string of the molecule is Nc1nc2c(F)cc(F)cc2n1CCC1CCC1. The maximum Gasteiger partial charge on any atom is 0.201 e. The van der Waals surface area contributed by atoms with Crippen LogP contribution in [0.5, 0.6) is 0 Å². The molecule has 0 radical (unpaired) electrons. The molecular weight excluding hydrogens is 236 g/mol. The zero-order valence-corrected chi connectivity index (χ0v) is 10.00. The maximum atomic E-state index is 13.5. The van der Waals surface area contributed by atoms with Crippen molar-refractivity contribution in [2.75, 3.05) is 5.73 Å². The number of halogens is 2. The summed E-state index contributed by atoms with van der Waals surface area (Å²) in [5.74, 6) is -0.266. The van der Waals surface area contributed by atoms with E-state index < -0.39 is 11.6 Å². The van der Waals surface area contributed by atoms with E-state index in [1.807, 2.05) is 0 Å². The van der Waals surface area contributed by atoms with Gasteiger partial charge in [0.15, 0.2) is 5.82 Å². The first kappa shape index (κ1) is 11.4. The third-order valence-electron chi connectivity index (χ3n) is 3.79. The van der Waals surface area contributed by atoms with Gasteiger partial charge in [-0.2, -0.15) is 0 Å². The molecule has 1 fully saturated rings. The molecule has 1 aromatic carbocycles. The monoisotopic (exact) mass is 251 g/mol. The van der Waals surface area contributed by atoms with E-state index in [-0.39, 0.29) is 11.5 Å². The highest BCUT2D eigenvalue weighted by atomic mass is 19.1. The summed E-state index contributed by atoms with van der Waals surface area (Å²) in [6.45, 7) is 0.676. The Labute approximate surface area is 104 Å². The Kier molecular flexibility index (Phi) is 2.69. The summed E-state index contributed by atoms with van der Waals surface area (Å²) in [6.07, 6.45) is 4.77. The number of nitrogens with two attached hydrogens (primary N) is 1. The van der Waals surface area contributed by atoms with Crippen LogP contribution in [-0.2, 0) is 6.54 Å². The molecule has 1 aliphatic rings. The summed E-state index contributed by atoms with van der Waals surface area (Å²) in [5, 5.41) is 0. The molecule has 1 aromatic heterocycles. The van der Waals surface area contributed by atoms with Gasteiger partial charge in [0.2, 0.25) is 5.95 Å². The number of hydrogen-bond donors (Lipinski definition) is 1. The fourth-order valence-electron chi connectivity index (χ4n) is 2.50. The minimum Gasteiger partial charge on any atom is -0.369 e. The molecule has 0 spiro atoms. The van der Waals surface area contributed by atoms with Crippen LogP contribution in [0, 0.1) is 17.6 Å². The molecule has 18 heavy (non-hydrogen) atoms. The van der Waals surface area contributed by atoms with Gasteiger partial charge in [-0.05, 0) is 12.3 Å². The second-order valence-electron chi connectivity index (χ2n) is 4.96. The highest BCUT2D eigenvalue weighted by Crippen LogP contribution is 2.31. The van der Waals surface area contributed by atoms with Gasteiger partial charge in [0.05, 0.1) is 5.52 Å². The fourth-order valence-corrected chi connectivity index (χ4v) is 2.50. The molecule has 2 N–H and O–H groups in total. The van der Waals surface area contributed by atoms with E-state index in [4.69, 9.17) is 5.73 Å². The number of fused-ring (bicyclic) bond motifs is 1. The number of aromatic nitrogens is 2. The van der Waals surface area contributed by atoms with Crippen molar-refractivity contribution in [3.05, 3.63) is 23.8 Å². The topological polar surface area (TPSA) is 43.8 Å². The Morgan fingerprint density at radius 2 is 2.11 bits per heavy atom. The van der Waals surface area contributed by atoms with Crippen molar-refractivity contribution in [3.63, 3.8) is 0 Å². The number of imidazole rings is 1. The van der Waals surface area contributed by atoms with Crippen molar-refractivity contribution in [2.24, 2.45) is 5.92 Å². The predicted molar refractivity (Wildman–Crippen MR) is 66.0 cm³/mol. The summed E-state index contributed by atoms with van der Waals surface area (Å²) in [4.78, 5) is 3.97. The molecule has 96 valence electrons. The quantitative estimate of drug-likeness (QED) is 0.911. The first-order valence-corrected chi connectivity index (χ1v) is 6.26. The molecule has 1 heterocycles. The molecule has 0 amide bonds. The average molecular weight is 251 g/mol. The van der Waals surface area contributed by atoms with Gasteiger partial charge in [-0.3, -0.25) is 0 Å². The molecule has 5 heteroatoms. The number of benzene rings is 1. The van der Waals surface area contributed by atoms with E-state index >= 15 is 0 Å². The highest BCUT2D eigenvalue weighted by molar-refractivity contribution is 5.79. The van der Waals surface area contributed by atoms with Gasteiger partial charge in [0, 0.05) is 18.7 Å². The predicted octanol–water partition coefficient (Wildman–Crippen LogP) is 3.09. The van der Waals surface area contributed by atoms with E-state index in [1.165, 1.54) is 25.3 Å². The Morgan fingerprint density at radius 1 is 1.33 bits per heavy atom. The van der Waals surface area contributed by atoms with Crippen LogP contribution >= 0.6 is 0 Å². The number of rotatable bonds is 3. The number of anilines is 1. The highest BCUT2D eigenvalue weighted by Gasteiger charge is 2.19. The van der Waals surface area contributed by atoms with E-state index in [0.717, 1.165) is 18.4 Å². The lowest BCUT2D eigenvalue weighted by Gasteiger charge is -2.25. The molecule has 3 rings (SSSR count). The number of aryl methyl sites for hydroxylation is 1. The summed E-state index contributed by atoms with van der Waals surface area (Å²) in [5.41, 5.74) is 6.38. The Bertz CT molecular complexity index is 587. The molecule has 0 aliphatic heterocycles. The van der Waals surface area contributed by atoms with E-state index in [1.54, 1.807) is 4.57 Å². The van der Waals surface area contributed by atoms with Crippen LogP contribution in [0.3, 0.4) is 0 Å². The Morgan fingerprint density at radius 3 is 2.78 bits per heavy atom. The van der Waals surface area contributed by atoms with Crippen molar-refractivity contribution >= 4 is 17.0 Å². The fraction of sp³-hybridized carbons (Fsp3) is 0.462. The van der Waals surface area contributed by atoms with Crippen molar-refractivity contribution < 1.29 is 8.78 Å². The lowest BCUT2D eigenvalue weighted by Crippen LogP contribution is -2.14. The largest absolute Gasteiger partial charge is 0.369 e. The van der Waals surface area contributed by atoms with Crippen molar-refractivity contribution in [3.8, 4) is 0 Å². The van der Waals surface area contributed by atoms with Gasteiger partial charge >= 0.3 is 0 Å². The van der Waals surface area contributed by atoms with E-state index in [2.05, 4.69) is 4.98 Å². The van der Waals surface area contributed by atoms with Gasteiger partial charge in [0.25, 0.3) is 0 Å². The van der Waals surface area contributed by atoms with Crippen LogP contribution in [0.25, 0.3) is 11.0 Å². The van der Waals surface area contributed by atoms with E-state index in [9.17, 15) is 8.78 Å². The molecule has 0 unspecified atom stereocenters. The first-order chi connectivity index (χ1) is 8.65. The molecule has 2 aromatic rings. The molecule has 0 bridgehead atoms. The third kappa shape index (κ3) is 1.83. The van der Waals surface area contributed by atoms with Crippen LogP contribution in [0.1, 0.15) is 25.7 Å². The number of nitrogen functional groups attached to an aromatic ring is 1. The standard InChI is InChI=1S/C13H15F2N3/c14-9-6-10(15)12-11(7-9)18(13(16)17-12)5-4-8-2-1-3-8/h6-8H,1-5H2,(H2,16,17). The molecule has 3 nitrogen and oxygen atoms in total. The second kappa shape index (κ2) is 4.23. The summed E-state index contributed by atoms with van der Waals surface area (Å²) in [6, 6.07) is 2.13. The molecule has 0 saturated heterocycles. The number of hydrogen-bond acceptors (Lipinski definition) is 2. The van der Waals surface area contributed by atoms with Crippen LogP contribution in [-0.4, -0.2) is 9.55 Å². The van der Waals surface area contributed by atoms with Gasteiger partial charge in [-0.25, -0.2) is 13.8 Å². The third-order valence-corrected chi connectivity index (χ3v) is 3.79. The second-order valence-corrected chi connectivity index (χ2v) is 4.96. The smallest absolute Gasteiger partial charge is 0.201 e. The van der Waals surface area contributed by atoms with Crippen molar-refractivity contribution in [1.82, 2.24) is 9.55 Å². The van der Waals surface area contributed by atoms with Gasteiger partial charge in [0.1, 0.15) is 11.3 Å². The minimum absolute atomic E-state index is 0.155. The normalized spacial score (nSPS) is 16.1. The first-order valence-electron chi connectivity index (χ1n) is 6.26. The molecule has 0 atom stereocenters. The summed E-state index contributed by atoms with van der Waals surface area (Å²) < 4.78 is 28.5. The van der Waals surface area contributed by atoms with Crippen molar-refractivity contribution in [1.29, 1.82) is 0 Å². The van der Waals surface area contributed by atoms with Gasteiger partial charge < -0.3 is 10.3 Å².